The molecule has 216 valence electrons. The molecule has 0 amide bonds. The number of halogens is 1. The molecule has 1 N–H and O–H groups in total. The van der Waals surface area contributed by atoms with Crippen LogP contribution in [-0.2, 0) is 0 Å². The van der Waals surface area contributed by atoms with Crippen LogP contribution >= 0.6 is 0 Å². The van der Waals surface area contributed by atoms with Gasteiger partial charge in [0.2, 0.25) is 0 Å². The quantitative estimate of drug-likeness (QED) is 0.191. The maximum absolute atomic E-state index is 15.5. The zero-order valence-corrected chi connectivity index (χ0v) is 24.2. The Morgan fingerprint density at radius 1 is 0.769 bits per heavy atom. The minimum atomic E-state index is -1.16. The van der Waals surface area contributed by atoms with Gasteiger partial charge in [-0.3, -0.25) is 0 Å². The molecular formula is C34H49FO4. The van der Waals surface area contributed by atoms with Gasteiger partial charge < -0.3 is 14.6 Å². The Bertz CT molecular complexity index is 979. The zero-order chi connectivity index (χ0) is 27.9. The Hall–Kier alpha value is -2.56. The van der Waals surface area contributed by atoms with E-state index in [9.17, 15) is 9.90 Å². The summed E-state index contributed by atoms with van der Waals surface area (Å²) < 4.78 is 27.1. The summed E-state index contributed by atoms with van der Waals surface area (Å²) in [5.41, 5.74) is 0.491. The lowest BCUT2D eigenvalue weighted by Crippen LogP contribution is -2.15. The highest BCUT2D eigenvalue weighted by Crippen LogP contribution is 2.35. The fraction of sp³-hybridized carbons (Fsp3) is 0.618. The number of aromatic carboxylic acids is 1. The number of carboxylic acid groups (broad SMARTS) is 1. The van der Waals surface area contributed by atoms with E-state index >= 15 is 4.39 Å². The van der Waals surface area contributed by atoms with Crippen LogP contribution in [0.2, 0.25) is 0 Å². The van der Waals surface area contributed by atoms with Gasteiger partial charge in [0.25, 0.3) is 0 Å². The van der Waals surface area contributed by atoms with Crippen molar-refractivity contribution < 1.29 is 23.8 Å². The Morgan fingerprint density at radius 2 is 1.38 bits per heavy atom. The van der Waals surface area contributed by atoms with Crippen LogP contribution in [-0.4, -0.2) is 24.3 Å². The molecule has 0 unspecified atom stereocenters. The highest BCUT2D eigenvalue weighted by Gasteiger charge is 2.21. The lowest BCUT2D eigenvalue weighted by Gasteiger charge is -2.28. The number of hydrogen-bond donors (Lipinski definition) is 1. The van der Waals surface area contributed by atoms with E-state index in [-0.39, 0.29) is 16.9 Å². The van der Waals surface area contributed by atoms with Gasteiger partial charge in [-0.2, -0.15) is 0 Å². The molecule has 1 fully saturated rings. The first-order valence-electron chi connectivity index (χ1n) is 15.4. The Kier molecular flexibility index (Phi) is 13.7. The van der Waals surface area contributed by atoms with E-state index in [2.05, 4.69) is 13.8 Å². The third-order valence-corrected chi connectivity index (χ3v) is 8.17. The van der Waals surface area contributed by atoms with Gasteiger partial charge in [0.15, 0.2) is 11.6 Å². The molecule has 0 heterocycles. The van der Waals surface area contributed by atoms with E-state index < -0.39 is 11.8 Å². The van der Waals surface area contributed by atoms with Crippen molar-refractivity contribution in [2.24, 2.45) is 11.8 Å². The van der Waals surface area contributed by atoms with Gasteiger partial charge in [-0.25, -0.2) is 9.18 Å². The average molecular weight is 541 g/mol. The van der Waals surface area contributed by atoms with Crippen LogP contribution in [0.1, 0.15) is 121 Å². The van der Waals surface area contributed by atoms with Crippen molar-refractivity contribution in [3.05, 3.63) is 47.8 Å². The fourth-order valence-corrected chi connectivity index (χ4v) is 5.87. The van der Waals surface area contributed by atoms with Gasteiger partial charge in [0.05, 0.1) is 18.8 Å². The van der Waals surface area contributed by atoms with Crippen LogP contribution in [0.5, 0.6) is 11.5 Å². The Labute approximate surface area is 235 Å². The number of rotatable bonds is 18. The number of ether oxygens (including phenoxy) is 2. The molecule has 0 aliphatic heterocycles. The number of hydrogen-bond acceptors (Lipinski definition) is 3. The first kappa shape index (κ1) is 31.0. The molecule has 0 bridgehead atoms. The molecule has 1 aliphatic rings. The molecule has 1 aliphatic carbocycles. The molecule has 0 spiro atoms. The summed E-state index contributed by atoms with van der Waals surface area (Å²) >= 11 is 0. The van der Waals surface area contributed by atoms with Crippen molar-refractivity contribution in [1.82, 2.24) is 0 Å². The summed E-state index contributed by atoms with van der Waals surface area (Å²) in [4.78, 5) is 11.9. The minimum Gasteiger partial charge on any atom is -0.494 e. The molecule has 0 atom stereocenters. The largest absolute Gasteiger partial charge is 0.494 e. The molecule has 39 heavy (non-hydrogen) atoms. The Balaban J connectivity index is 1.50. The molecule has 4 nitrogen and oxygen atoms in total. The first-order valence-corrected chi connectivity index (χ1v) is 15.4. The monoisotopic (exact) mass is 540 g/mol. The smallest absolute Gasteiger partial charge is 0.336 e. The van der Waals surface area contributed by atoms with E-state index in [1.807, 2.05) is 0 Å². The standard InChI is InChI=1S/C34H49FO4/c1-3-5-6-7-8-9-10-24-39-31-23-22-30(34(36)37)32(33(31)35)28-18-20-29(21-19-28)38-25-11-13-27-16-14-26(12-4-2)15-17-27/h18-23,26-27H,3-17,24-25H2,1-2H3,(H,36,37). The van der Waals surface area contributed by atoms with Crippen molar-refractivity contribution in [2.75, 3.05) is 13.2 Å². The van der Waals surface area contributed by atoms with Gasteiger partial charge in [-0.05, 0) is 60.9 Å². The van der Waals surface area contributed by atoms with E-state index in [0.717, 1.165) is 37.5 Å². The van der Waals surface area contributed by atoms with E-state index in [4.69, 9.17) is 9.47 Å². The topological polar surface area (TPSA) is 55.8 Å². The molecule has 0 radical (unpaired) electrons. The highest BCUT2D eigenvalue weighted by atomic mass is 19.1. The summed E-state index contributed by atoms with van der Waals surface area (Å²) in [7, 11) is 0. The van der Waals surface area contributed by atoms with Gasteiger partial charge in [-0.1, -0.05) is 103 Å². The SMILES string of the molecule is CCCCCCCCCOc1ccc(C(=O)O)c(-c2ccc(OCCCC3CCC(CCC)CC3)cc2)c1F. The molecule has 2 aromatic carbocycles. The average Bonchev–Trinajstić information content (AvgIpc) is 2.94. The van der Waals surface area contributed by atoms with Gasteiger partial charge in [-0.15, -0.1) is 0 Å². The maximum Gasteiger partial charge on any atom is 0.336 e. The van der Waals surface area contributed by atoms with Crippen LogP contribution in [0.25, 0.3) is 11.1 Å². The van der Waals surface area contributed by atoms with Crippen molar-refractivity contribution in [3.8, 4) is 22.6 Å². The molecule has 0 aromatic heterocycles. The van der Waals surface area contributed by atoms with Crippen molar-refractivity contribution >= 4 is 5.97 Å². The molecule has 2 aromatic rings. The van der Waals surface area contributed by atoms with Crippen molar-refractivity contribution in [3.63, 3.8) is 0 Å². The number of benzene rings is 2. The first-order chi connectivity index (χ1) is 19.0. The van der Waals surface area contributed by atoms with Crippen LogP contribution in [0.4, 0.5) is 4.39 Å². The van der Waals surface area contributed by atoms with Crippen LogP contribution < -0.4 is 9.47 Å². The molecule has 5 heteroatoms. The number of carboxylic acids is 1. The summed E-state index contributed by atoms with van der Waals surface area (Å²) in [5.74, 6) is 0.789. The molecule has 3 rings (SSSR count). The van der Waals surface area contributed by atoms with E-state index in [1.54, 1.807) is 24.3 Å². The second-order valence-corrected chi connectivity index (χ2v) is 11.3. The molecule has 1 saturated carbocycles. The maximum atomic E-state index is 15.5. The van der Waals surface area contributed by atoms with Crippen LogP contribution in [0.3, 0.4) is 0 Å². The van der Waals surface area contributed by atoms with Gasteiger partial charge >= 0.3 is 5.97 Å². The minimum absolute atomic E-state index is 0.0600. The summed E-state index contributed by atoms with van der Waals surface area (Å²) in [5, 5.41) is 9.69. The predicted molar refractivity (Wildman–Crippen MR) is 157 cm³/mol. The van der Waals surface area contributed by atoms with Crippen LogP contribution in [0.15, 0.2) is 36.4 Å². The third kappa shape index (κ3) is 10.2. The molecular weight excluding hydrogens is 491 g/mol. The zero-order valence-electron chi connectivity index (χ0n) is 24.2. The Morgan fingerprint density at radius 3 is 2.03 bits per heavy atom. The highest BCUT2D eigenvalue weighted by molar-refractivity contribution is 5.96. The number of carbonyl (C=O) groups is 1. The number of unbranched alkanes of at least 4 members (excludes halogenated alkanes) is 6. The third-order valence-electron chi connectivity index (χ3n) is 8.17. The van der Waals surface area contributed by atoms with Crippen molar-refractivity contribution in [2.45, 2.75) is 110 Å². The lowest BCUT2D eigenvalue weighted by molar-refractivity contribution is 0.0697. The summed E-state index contributed by atoms with van der Waals surface area (Å²) in [6.45, 7) is 5.56. The van der Waals surface area contributed by atoms with Gasteiger partial charge in [0, 0.05) is 5.56 Å². The normalized spacial score (nSPS) is 17.2. The predicted octanol–water partition coefficient (Wildman–Crippen LogP) is 10.1. The summed E-state index contributed by atoms with van der Waals surface area (Å²) in [6.07, 6.45) is 18.4. The summed E-state index contributed by atoms with van der Waals surface area (Å²) in [6, 6.07) is 9.91. The van der Waals surface area contributed by atoms with E-state index in [0.29, 0.717) is 24.5 Å². The van der Waals surface area contributed by atoms with Crippen molar-refractivity contribution in [1.29, 1.82) is 0 Å². The van der Waals surface area contributed by atoms with Gasteiger partial charge in [0.1, 0.15) is 5.75 Å². The lowest BCUT2D eigenvalue weighted by atomic mass is 9.78. The second-order valence-electron chi connectivity index (χ2n) is 11.3. The second kappa shape index (κ2) is 17.2. The fourth-order valence-electron chi connectivity index (χ4n) is 5.87. The van der Waals surface area contributed by atoms with Crippen LogP contribution in [0, 0.1) is 17.7 Å². The molecule has 0 saturated heterocycles. The van der Waals surface area contributed by atoms with E-state index in [1.165, 1.54) is 82.8 Å².